The molecule has 0 spiro atoms. The number of rotatable bonds is 0. The molecule has 0 aliphatic carbocycles. The standard InChI is InChI=1S/C10H12N2O3/c1-5-6(2)15-8-7(5)11(3)10(14)12(4)9(8)13/h1-4H3. The Labute approximate surface area is 85.5 Å². The fourth-order valence-corrected chi connectivity index (χ4v) is 1.72. The van der Waals surface area contributed by atoms with E-state index in [-0.39, 0.29) is 16.8 Å². The number of nitrogens with zero attached hydrogens (tertiary/aromatic N) is 2. The predicted octanol–water partition coefficient (Wildman–Crippen LogP) is 0.447. The van der Waals surface area contributed by atoms with Crippen molar-refractivity contribution in [2.24, 2.45) is 14.1 Å². The second-order valence-electron chi connectivity index (χ2n) is 3.67. The van der Waals surface area contributed by atoms with Gasteiger partial charge >= 0.3 is 5.69 Å². The van der Waals surface area contributed by atoms with Crippen molar-refractivity contribution in [3.63, 3.8) is 0 Å². The van der Waals surface area contributed by atoms with Crippen LogP contribution < -0.4 is 11.2 Å². The lowest BCUT2D eigenvalue weighted by atomic mass is 10.2. The molecule has 2 heterocycles. The molecule has 0 aliphatic rings. The summed E-state index contributed by atoms with van der Waals surface area (Å²) in [5.41, 5.74) is 0.943. The Morgan fingerprint density at radius 3 is 2.27 bits per heavy atom. The summed E-state index contributed by atoms with van der Waals surface area (Å²) in [6.45, 7) is 3.61. The number of fused-ring (bicyclic) bond motifs is 1. The fraction of sp³-hybridized carbons (Fsp3) is 0.400. The highest BCUT2D eigenvalue weighted by Gasteiger charge is 2.16. The molecule has 0 saturated carbocycles. The van der Waals surface area contributed by atoms with Crippen LogP contribution in [-0.4, -0.2) is 9.13 Å². The van der Waals surface area contributed by atoms with Crippen molar-refractivity contribution in [3.05, 3.63) is 32.2 Å². The quantitative estimate of drug-likeness (QED) is 0.631. The van der Waals surface area contributed by atoms with E-state index in [4.69, 9.17) is 4.42 Å². The van der Waals surface area contributed by atoms with Gasteiger partial charge in [0, 0.05) is 19.7 Å². The van der Waals surface area contributed by atoms with Gasteiger partial charge in [-0.15, -0.1) is 0 Å². The molecular weight excluding hydrogens is 196 g/mol. The summed E-state index contributed by atoms with van der Waals surface area (Å²) in [4.78, 5) is 23.4. The molecule has 0 N–H and O–H groups in total. The second-order valence-corrected chi connectivity index (χ2v) is 3.67. The largest absolute Gasteiger partial charge is 0.454 e. The topological polar surface area (TPSA) is 57.1 Å². The molecule has 2 rings (SSSR count). The van der Waals surface area contributed by atoms with Crippen molar-refractivity contribution in [2.45, 2.75) is 13.8 Å². The molecule has 5 heteroatoms. The minimum absolute atomic E-state index is 0.245. The molecule has 0 unspecified atom stereocenters. The van der Waals surface area contributed by atoms with Gasteiger partial charge in [0.25, 0.3) is 5.56 Å². The molecule has 0 aliphatic heterocycles. The Balaban J connectivity index is 3.23. The van der Waals surface area contributed by atoms with Gasteiger partial charge in [0.2, 0.25) is 5.58 Å². The van der Waals surface area contributed by atoms with Crippen LogP contribution in [0.1, 0.15) is 11.3 Å². The lowest BCUT2D eigenvalue weighted by Gasteiger charge is -2.02. The number of aryl methyl sites for hydroxylation is 3. The smallest absolute Gasteiger partial charge is 0.331 e. The van der Waals surface area contributed by atoms with Gasteiger partial charge in [-0.2, -0.15) is 0 Å². The van der Waals surface area contributed by atoms with Crippen LogP contribution in [0.25, 0.3) is 11.1 Å². The van der Waals surface area contributed by atoms with Gasteiger partial charge in [0.15, 0.2) is 0 Å². The molecule has 0 amide bonds. The Kier molecular flexibility index (Phi) is 1.86. The SMILES string of the molecule is Cc1oc2c(=O)n(C)c(=O)n(C)c2c1C. The Bertz CT molecular complexity index is 658. The van der Waals surface area contributed by atoms with Crippen LogP contribution in [0, 0.1) is 13.8 Å². The first kappa shape index (κ1) is 9.76. The first-order valence-corrected chi connectivity index (χ1v) is 4.61. The van der Waals surface area contributed by atoms with Gasteiger partial charge in [0.1, 0.15) is 11.3 Å². The fourth-order valence-electron chi connectivity index (χ4n) is 1.72. The number of hydrogen-bond donors (Lipinski definition) is 0. The maximum atomic E-state index is 11.7. The zero-order valence-electron chi connectivity index (χ0n) is 9.12. The lowest BCUT2D eigenvalue weighted by Crippen LogP contribution is -2.36. The van der Waals surface area contributed by atoms with E-state index in [1.54, 1.807) is 14.0 Å². The van der Waals surface area contributed by atoms with E-state index in [1.165, 1.54) is 11.6 Å². The molecule has 0 aromatic carbocycles. The molecule has 0 atom stereocenters. The van der Waals surface area contributed by atoms with Gasteiger partial charge in [-0.1, -0.05) is 0 Å². The molecule has 2 aromatic rings. The molecule has 5 nitrogen and oxygen atoms in total. The van der Waals surface area contributed by atoms with Crippen molar-refractivity contribution in [3.8, 4) is 0 Å². The highest BCUT2D eigenvalue weighted by Crippen LogP contribution is 2.19. The van der Waals surface area contributed by atoms with Crippen molar-refractivity contribution in [2.75, 3.05) is 0 Å². The maximum Gasteiger partial charge on any atom is 0.331 e. The Hall–Kier alpha value is -1.78. The number of furan rings is 1. The molecule has 80 valence electrons. The van der Waals surface area contributed by atoms with Crippen molar-refractivity contribution >= 4 is 11.1 Å². The van der Waals surface area contributed by atoms with E-state index < -0.39 is 0 Å². The van der Waals surface area contributed by atoms with Crippen LogP contribution in [0.15, 0.2) is 14.0 Å². The van der Waals surface area contributed by atoms with Crippen molar-refractivity contribution in [1.82, 2.24) is 9.13 Å². The zero-order valence-corrected chi connectivity index (χ0v) is 9.12. The van der Waals surface area contributed by atoms with E-state index >= 15 is 0 Å². The summed E-state index contributed by atoms with van der Waals surface area (Å²) in [5.74, 6) is 0.670. The van der Waals surface area contributed by atoms with Crippen LogP contribution >= 0.6 is 0 Å². The molecule has 15 heavy (non-hydrogen) atoms. The molecule has 0 fully saturated rings. The van der Waals surface area contributed by atoms with E-state index in [1.807, 2.05) is 6.92 Å². The minimum atomic E-state index is -0.385. The summed E-state index contributed by atoms with van der Waals surface area (Å²) in [6, 6.07) is 0. The van der Waals surface area contributed by atoms with Gasteiger partial charge in [-0.05, 0) is 13.8 Å². The molecule has 2 aromatic heterocycles. The van der Waals surface area contributed by atoms with E-state index in [0.717, 1.165) is 10.1 Å². The van der Waals surface area contributed by atoms with E-state index in [0.29, 0.717) is 11.3 Å². The van der Waals surface area contributed by atoms with Crippen LogP contribution in [-0.2, 0) is 14.1 Å². The summed E-state index contributed by atoms with van der Waals surface area (Å²) in [7, 11) is 3.07. The van der Waals surface area contributed by atoms with Gasteiger partial charge in [0.05, 0.1) is 0 Å². The van der Waals surface area contributed by atoms with Gasteiger partial charge in [-0.25, -0.2) is 4.79 Å². The maximum absolute atomic E-state index is 11.7. The van der Waals surface area contributed by atoms with Crippen LogP contribution in [0.2, 0.25) is 0 Å². The van der Waals surface area contributed by atoms with Gasteiger partial charge < -0.3 is 4.42 Å². The van der Waals surface area contributed by atoms with Gasteiger partial charge in [-0.3, -0.25) is 13.9 Å². The Morgan fingerprint density at radius 1 is 1.07 bits per heavy atom. The number of aromatic nitrogens is 2. The summed E-state index contributed by atoms with van der Waals surface area (Å²) in [5, 5.41) is 0. The third-order valence-electron chi connectivity index (χ3n) is 2.76. The summed E-state index contributed by atoms with van der Waals surface area (Å²) in [6.07, 6.45) is 0. The van der Waals surface area contributed by atoms with E-state index in [9.17, 15) is 9.59 Å². The summed E-state index contributed by atoms with van der Waals surface area (Å²) < 4.78 is 7.83. The normalized spacial score (nSPS) is 11.2. The van der Waals surface area contributed by atoms with E-state index in [2.05, 4.69) is 0 Å². The first-order chi connectivity index (χ1) is 6.95. The van der Waals surface area contributed by atoms with Crippen molar-refractivity contribution < 1.29 is 4.42 Å². The second kappa shape index (κ2) is 2.85. The third-order valence-corrected chi connectivity index (χ3v) is 2.76. The molecule has 0 bridgehead atoms. The lowest BCUT2D eigenvalue weighted by molar-refractivity contribution is 0.561. The highest BCUT2D eigenvalue weighted by molar-refractivity contribution is 5.77. The first-order valence-electron chi connectivity index (χ1n) is 4.61. The minimum Gasteiger partial charge on any atom is -0.454 e. The molecule has 0 saturated heterocycles. The van der Waals surface area contributed by atoms with Crippen LogP contribution in [0.5, 0.6) is 0 Å². The number of hydrogen-bond acceptors (Lipinski definition) is 3. The van der Waals surface area contributed by atoms with Crippen LogP contribution in [0.4, 0.5) is 0 Å². The molecular formula is C10H12N2O3. The monoisotopic (exact) mass is 208 g/mol. The molecule has 0 radical (unpaired) electrons. The summed E-state index contributed by atoms with van der Waals surface area (Å²) >= 11 is 0. The average molecular weight is 208 g/mol. The van der Waals surface area contributed by atoms with Crippen molar-refractivity contribution in [1.29, 1.82) is 0 Å². The zero-order chi connectivity index (χ0) is 11.3. The average Bonchev–Trinajstić information content (AvgIpc) is 2.50. The Morgan fingerprint density at radius 2 is 1.67 bits per heavy atom. The van der Waals surface area contributed by atoms with Crippen LogP contribution in [0.3, 0.4) is 0 Å². The predicted molar refractivity (Wildman–Crippen MR) is 56.2 cm³/mol. The third kappa shape index (κ3) is 1.09. The highest BCUT2D eigenvalue weighted by atomic mass is 16.3.